The molecule has 9 heteroatoms. The molecule has 0 bridgehead atoms. The SMILES string of the molecule is COC(=O)c1ccccc1C1CCN(CC[C@H](CN(C)S(=O)(=O)c2ccccc2)c2cccc(Cl)c2)CC1.Cl. The number of likely N-dealkylation sites (tertiary alicyclic amines) is 1. The Balaban J connectivity index is 0.00000420. The van der Waals surface area contributed by atoms with Crippen molar-refractivity contribution < 1.29 is 17.9 Å². The molecule has 3 aromatic carbocycles. The molecule has 0 aromatic heterocycles. The van der Waals surface area contributed by atoms with Crippen LogP contribution in [0.2, 0.25) is 5.02 Å². The number of carbonyl (C=O) groups is 1. The smallest absolute Gasteiger partial charge is 0.338 e. The lowest BCUT2D eigenvalue weighted by molar-refractivity contribution is 0.0598. The van der Waals surface area contributed by atoms with Crippen LogP contribution in [-0.4, -0.2) is 63.9 Å². The van der Waals surface area contributed by atoms with Gasteiger partial charge in [0.05, 0.1) is 17.6 Å². The average Bonchev–Trinajstić information content (AvgIpc) is 2.95. The molecule has 1 saturated heterocycles. The molecule has 0 amide bonds. The van der Waals surface area contributed by atoms with Gasteiger partial charge >= 0.3 is 5.97 Å². The molecule has 210 valence electrons. The number of hydrogen-bond donors (Lipinski definition) is 0. The highest BCUT2D eigenvalue weighted by atomic mass is 35.5. The summed E-state index contributed by atoms with van der Waals surface area (Å²) in [6.45, 7) is 3.05. The first kappa shape index (κ1) is 31.1. The number of methoxy groups -OCH3 is 1. The van der Waals surface area contributed by atoms with Gasteiger partial charge < -0.3 is 9.64 Å². The molecule has 1 atom stereocenters. The molecule has 0 saturated carbocycles. The van der Waals surface area contributed by atoms with E-state index in [9.17, 15) is 13.2 Å². The first-order chi connectivity index (χ1) is 18.3. The molecule has 39 heavy (non-hydrogen) atoms. The number of nitrogens with zero attached hydrogens (tertiary/aromatic N) is 2. The molecular formula is C30H36Cl2N2O4S. The summed E-state index contributed by atoms with van der Waals surface area (Å²) in [5, 5.41) is 0.645. The molecule has 3 aromatic rings. The van der Waals surface area contributed by atoms with E-state index in [1.807, 2.05) is 54.6 Å². The van der Waals surface area contributed by atoms with Gasteiger partial charge in [-0.1, -0.05) is 60.1 Å². The first-order valence-corrected chi connectivity index (χ1v) is 14.8. The van der Waals surface area contributed by atoms with Crippen molar-refractivity contribution >= 4 is 40.0 Å². The minimum Gasteiger partial charge on any atom is -0.465 e. The molecular weight excluding hydrogens is 555 g/mol. The minimum absolute atomic E-state index is 0. The Labute approximate surface area is 243 Å². The molecule has 0 aliphatic carbocycles. The molecule has 0 N–H and O–H groups in total. The Morgan fingerprint density at radius 2 is 1.69 bits per heavy atom. The van der Waals surface area contributed by atoms with Gasteiger partial charge in [0.1, 0.15) is 0 Å². The lowest BCUT2D eigenvalue weighted by Gasteiger charge is -2.34. The summed E-state index contributed by atoms with van der Waals surface area (Å²) >= 11 is 6.30. The quantitative estimate of drug-likeness (QED) is 0.262. The van der Waals surface area contributed by atoms with Crippen LogP contribution in [0.1, 0.15) is 52.6 Å². The van der Waals surface area contributed by atoms with Crippen molar-refractivity contribution in [3.05, 3.63) is 101 Å². The molecule has 1 aliphatic rings. The van der Waals surface area contributed by atoms with Crippen molar-refractivity contribution in [1.29, 1.82) is 0 Å². The molecule has 0 radical (unpaired) electrons. The Morgan fingerprint density at radius 1 is 1.03 bits per heavy atom. The Hall–Kier alpha value is -2.42. The zero-order valence-electron chi connectivity index (χ0n) is 22.3. The molecule has 0 spiro atoms. The fourth-order valence-electron chi connectivity index (χ4n) is 5.26. The summed E-state index contributed by atoms with van der Waals surface area (Å²) in [6.07, 6.45) is 2.72. The van der Waals surface area contributed by atoms with E-state index in [0.29, 0.717) is 27.9 Å². The van der Waals surface area contributed by atoms with E-state index >= 15 is 0 Å². The number of halogens is 2. The van der Waals surface area contributed by atoms with E-state index in [2.05, 4.69) is 4.90 Å². The number of benzene rings is 3. The molecule has 0 unspecified atom stereocenters. The predicted molar refractivity (Wildman–Crippen MR) is 159 cm³/mol. The highest BCUT2D eigenvalue weighted by Crippen LogP contribution is 2.32. The standard InChI is InChI=1S/C30H35ClN2O4S.ClH/c1-32(38(35,36)27-11-4-3-5-12-27)22-25(24-9-8-10-26(31)21-24)17-20-33-18-15-23(16-19-33)28-13-6-7-14-29(28)30(34)37-2;/h3-14,21,23,25H,15-20,22H2,1-2H3;1H/t25-;/m1./s1. The highest BCUT2D eigenvalue weighted by Gasteiger charge is 2.27. The van der Waals surface area contributed by atoms with E-state index in [1.165, 1.54) is 11.4 Å². The van der Waals surface area contributed by atoms with Gasteiger partial charge in [-0.2, -0.15) is 0 Å². The van der Waals surface area contributed by atoms with Gasteiger partial charge in [-0.15, -0.1) is 12.4 Å². The van der Waals surface area contributed by atoms with Gasteiger partial charge in [-0.25, -0.2) is 17.5 Å². The zero-order chi connectivity index (χ0) is 27.1. The molecule has 1 fully saturated rings. The number of ether oxygens (including phenoxy) is 1. The molecule has 6 nitrogen and oxygen atoms in total. The van der Waals surface area contributed by atoms with E-state index in [1.54, 1.807) is 31.3 Å². The fourth-order valence-corrected chi connectivity index (χ4v) is 6.70. The Bertz CT molecular complexity index is 1330. The number of piperidine rings is 1. The molecule has 1 heterocycles. The predicted octanol–water partition coefficient (Wildman–Crippen LogP) is 6.22. The number of carbonyl (C=O) groups excluding carboxylic acids is 1. The topological polar surface area (TPSA) is 66.9 Å². The van der Waals surface area contributed by atoms with Gasteiger partial charge in [-0.05, 0) is 92.2 Å². The number of esters is 1. The average molecular weight is 592 g/mol. The highest BCUT2D eigenvalue weighted by molar-refractivity contribution is 7.89. The van der Waals surface area contributed by atoms with Crippen LogP contribution in [0.5, 0.6) is 0 Å². The third-order valence-corrected chi connectivity index (χ3v) is 9.51. The van der Waals surface area contributed by atoms with Gasteiger partial charge in [0.25, 0.3) is 0 Å². The second-order valence-corrected chi connectivity index (χ2v) is 12.3. The third kappa shape index (κ3) is 7.83. The summed E-state index contributed by atoms with van der Waals surface area (Å²) < 4.78 is 32.8. The normalized spacial score (nSPS) is 15.5. The van der Waals surface area contributed by atoms with Gasteiger partial charge in [0.2, 0.25) is 10.0 Å². The van der Waals surface area contributed by atoms with Crippen molar-refractivity contribution in [3.8, 4) is 0 Å². The van der Waals surface area contributed by atoms with E-state index in [4.69, 9.17) is 16.3 Å². The van der Waals surface area contributed by atoms with Crippen LogP contribution in [0.4, 0.5) is 0 Å². The molecule has 4 rings (SSSR count). The summed E-state index contributed by atoms with van der Waals surface area (Å²) in [7, 11) is -0.537. The van der Waals surface area contributed by atoms with Crippen LogP contribution < -0.4 is 0 Å². The zero-order valence-corrected chi connectivity index (χ0v) is 24.7. The monoisotopic (exact) mass is 590 g/mol. The van der Waals surface area contributed by atoms with Crippen LogP contribution >= 0.6 is 24.0 Å². The lowest BCUT2D eigenvalue weighted by atomic mass is 9.86. The maximum Gasteiger partial charge on any atom is 0.338 e. The van der Waals surface area contributed by atoms with Gasteiger partial charge in [0.15, 0.2) is 0 Å². The summed E-state index contributed by atoms with van der Waals surface area (Å²) in [5.74, 6) is 0.0179. The van der Waals surface area contributed by atoms with E-state index in [-0.39, 0.29) is 24.3 Å². The van der Waals surface area contributed by atoms with Crippen molar-refractivity contribution in [2.75, 3.05) is 40.3 Å². The first-order valence-electron chi connectivity index (χ1n) is 13.0. The van der Waals surface area contributed by atoms with Gasteiger partial charge in [-0.3, -0.25) is 0 Å². The number of likely N-dealkylation sites (N-methyl/N-ethyl adjacent to an activating group) is 1. The summed E-state index contributed by atoms with van der Waals surface area (Å²) in [6, 6.07) is 24.0. The number of hydrogen-bond acceptors (Lipinski definition) is 5. The summed E-state index contributed by atoms with van der Waals surface area (Å²) in [4.78, 5) is 15.0. The van der Waals surface area contributed by atoms with E-state index in [0.717, 1.165) is 50.0 Å². The van der Waals surface area contributed by atoms with Crippen LogP contribution in [0.15, 0.2) is 83.8 Å². The Kier molecular flexibility index (Phi) is 11.4. The Morgan fingerprint density at radius 3 is 2.36 bits per heavy atom. The van der Waals surface area contributed by atoms with Crippen LogP contribution in [0, 0.1) is 0 Å². The number of rotatable bonds is 10. The summed E-state index contributed by atoms with van der Waals surface area (Å²) in [5.41, 5.74) is 2.75. The minimum atomic E-state index is -3.60. The largest absolute Gasteiger partial charge is 0.465 e. The van der Waals surface area contributed by atoms with Crippen molar-refractivity contribution in [3.63, 3.8) is 0 Å². The third-order valence-electron chi connectivity index (χ3n) is 7.44. The maximum absolute atomic E-state index is 13.2. The second-order valence-electron chi connectivity index (χ2n) is 9.83. The van der Waals surface area contributed by atoms with Crippen LogP contribution in [0.25, 0.3) is 0 Å². The molecule has 1 aliphatic heterocycles. The maximum atomic E-state index is 13.2. The van der Waals surface area contributed by atoms with Crippen LogP contribution in [-0.2, 0) is 14.8 Å². The van der Waals surface area contributed by atoms with Crippen LogP contribution in [0.3, 0.4) is 0 Å². The number of sulfonamides is 1. The van der Waals surface area contributed by atoms with Gasteiger partial charge in [0, 0.05) is 18.6 Å². The fraction of sp³-hybridized carbons (Fsp3) is 0.367. The van der Waals surface area contributed by atoms with Crippen molar-refractivity contribution in [1.82, 2.24) is 9.21 Å². The van der Waals surface area contributed by atoms with E-state index < -0.39 is 10.0 Å². The van der Waals surface area contributed by atoms with Crippen molar-refractivity contribution in [2.45, 2.75) is 36.0 Å². The lowest BCUT2D eigenvalue weighted by Crippen LogP contribution is -2.36. The second kappa shape index (κ2) is 14.3. The van der Waals surface area contributed by atoms with Crippen molar-refractivity contribution in [2.24, 2.45) is 0 Å².